The molecule has 1 heterocycles. The second-order valence-corrected chi connectivity index (χ2v) is 4.45. The lowest BCUT2D eigenvalue weighted by atomic mass is 10.2. The number of rotatable bonds is 4. The van der Waals surface area contributed by atoms with Crippen LogP contribution in [0, 0.1) is 17.0 Å². The average Bonchev–Trinajstić information content (AvgIpc) is 2.41. The van der Waals surface area contributed by atoms with Crippen LogP contribution in [0.3, 0.4) is 0 Å². The fourth-order valence-electron chi connectivity index (χ4n) is 1.57. The predicted octanol–water partition coefficient (Wildman–Crippen LogP) is 3.13. The van der Waals surface area contributed by atoms with Gasteiger partial charge >= 0.3 is 5.69 Å². The van der Waals surface area contributed by atoms with E-state index in [4.69, 9.17) is 11.6 Å². The number of aromatic nitrogens is 2. The lowest BCUT2D eigenvalue weighted by Crippen LogP contribution is -2.04. The zero-order valence-corrected chi connectivity index (χ0v) is 11.6. The van der Waals surface area contributed by atoms with Crippen molar-refractivity contribution >= 4 is 34.7 Å². The van der Waals surface area contributed by atoms with Crippen molar-refractivity contribution in [1.82, 2.24) is 9.97 Å². The number of benzene rings is 1. The van der Waals surface area contributed by atoms with E-state index in [1.165, 1.54) is 0 Å². The molecule has 0 bridgehead atoms. The second-order valence-electron chi connectivity index (χ2n) is 4.04. The Balaban J connectivity index is 2.43. The summed E-state index contributed by atoms with van der Waals surface area (Å²) < 4.78 is 0. The van der Waals surface area contributed by atoms with E-state index in [0.29, 0.717) is 10.7 Å². The van der Waals surface area contributed by atoms with Crippen molar-refractivity contribution < 1.29 is 4.92 Å². The molecule has 104 valence electrons. The zero-order valence-electron chi connectivity index (χ0n) is 10.8. The smallest absolute Gasteiger partial charge is 0.329 e. The van der Waals surface area contributed by atoms with Crippen molar-refractivity contribution in [2.75, 3.05) is 17.7 Å². The third-order valence-corrected chi connectivity index (χ3v) is 2.88. The third kappa shape index (κ3) is 2.94. The van der Waals surface area contributed by atoms with Gasteiger partial charge in [-0.05, 0) is 24.6 Å². The Bertz CT molecular complexity index is 662. The van der Waals surface area contributed by atoms with Crippen LogP contribution in [0.2, 0.25) is 5.02 Å². The number of anilines is 3. The third-order valence-electron chi connectivity index (χ3n) is 2.57. The molecule has 0 atom stereocenters. The van der Waals surface area contributed by atoms with E-state index < -0.39 is 4.92 Å². The molecular weight excluding hydrogens is 282 g/mol. The molecule has 0 fully saturated rings. The van der Waals surface area contributed by atoms with Gasteiger partial charge in [-0.2, -0.15) is 4.98 Å². The number of aryl methyl sites for hydroxylation is 1. The largest absolute Gasteiger partial charge is 0.357 e. The molecule has 2 aromatic rings. The van der Waals surface area contributed by atoms with Gasteiger partial charge in [-0.1, -0.05) is 17.7 Å². The molecule has 8 heteroatoms. The van der Waals surface area contributed by atoms with Crippen molar-refractivity contribution in [1.29, 1.82) is 0 Å². The van der Waals surface area contributed by atoms with Crippen molar-refractivity contribution in [3.05, 3.63) is 45.1 Å². The molecule has 0 amide bonds. The van der Waals surface area contributed by atoms with Crippen LogP contribution in [0.15, 0.2) is 24.4 Å². The Morgan fingerprint density at radius 2 is 2.15 bits per heavy atom. The standard InChI is InChI=1S/C12H12ClN5O2/c1-7-3-4-9(8(13)5-7)16-11-10(18(19)20)6-15-12(14-2)17-11/h3-6H,1-2H3,(H2,14,15,16,17). The lowest BCUT2D eigenvalue weighted by Gasteiger charge is -2.09. The van der Waals surface area contributed by atoms with Crippen LogP contribution in [-0.2, 0) is 0 Å². The van der Waals surface area contributed by atoms with Gasteiger partial charge in [0.1, 0.15) is 6.20 Å². The van der Waals surface area contributed by atoms with Gasteiger partial charge in [-0.25, -0.2) is 4.98 Å². The second kappa shape index (κ2) is 5.70. The summed E-state index contributed by atoms with van der Waals surface area (Å²) in [4.78, 5) is 18.3. The van der Waals surface area contributed by atoms with Crippen molar-refractivity contribution in [2.45, 2.75) is 6.92 Å². The highest BCUT2D eigenvalue weighted by atomic mass is 35.5. The molecule has 1 aromatic carbocycles. The molecule has 0 aliphatic heterocycles. The van der Waals surface area contributed by atoms with Crippen LogP contribution in [0.25, 0.3) is 0 Å². The van der Waals surface area contributed by atoms with Crippen LogP contribution >= 0.6 is 11.6 Å². The summed E-state index contributed by atoms with van der Waals surface area (Å²) in [5.74, 6) is 0.362. The van der Waals surface area contributed by atoms with E-state index in [0.717, 1.165) is 11.8 Å². The normalized spacial score (nSPS) is 10.2. The quantitative estimate of drug-likeness (QED) is 0.664. The van der Waals surface area contributed by atoms with E-state index in [2.05, 4.69) is 20.6 Å². The summed E-state index contributed by atoms with van der Waals surface area (Å²) in [6, 6.07) is 5.35. The first-order valence-corrected chi connectivity index (χ1v) is 6.11. The Morgan fingerprint density at radius 3 is 2.75 bits per heavy atom. The summed E-state index contributed by atoms with van der Waals surface area (Å²) >= 11 is 6.09. The summed E-state index contributed by atoms with van der Waals surface area (Å²) in [7, 11) is 1.63. The average molecular weight is 294 g/mol. The molecular formula is C12H12ClN5O2. The Kier molecular flexibility index (Phi) is 3.99. The number of nitrogens with zero attached hydrogens (tertiary/aromatic N) is 3. The minimum atomic E-state index is -0.552. The molecule has 0 unspecified atom stereocenters. The van der Waals surface area contributed by atoms with Crippen molar-refractivity contribution in [2.24, 2.45) is 0 Å². The topological polar surface area (TPSA) is 93.0 Å². The van der Waals surface area contributed by atoms with Gasteiger partial charge in [-0.15, -0.1) is 0 Å². The minimum absolute atomic E-state index is 0.0834. The lowest BCUT2D eigenvalue weighted by molar-refractivity contribution is -0.384. The molecule has 1 aromatic heterocycles. The highest BCUT2D eigenvalue weighted by molar-refractivity contribution is 6.33. The van der Waals surface area contributed by atoms with Gasteiger partial charge in [0.2, 0.25) is 11.8 Å². The zero-order chi connectivity index (χ0) is 14.7. The van der Waals surface area contributed by atoms with Crippen LogP contribution in [0.4, 0.5) is 23.1 Å². The van der Waals surface area contributed by atoms with Crippen LogP contribution in [-0.4, -0.2) is 21.9 Å². The van der Waals surface area contributed by atoms with Crippen molar-refractivity contribution in [3.8, 4) is 0 Å². The van der Waals surface area contributed by atoms with E-state index in [1.807, 2.05) is 13.0 Å². The number of hydrogen-bond acceptors (Lipinski definition) is 6. The maximum atomic E-state index is 11.0. The Labute approximate surface area is 120 Å². The van der Waals surface area contributed by atoms with Gasteiger partial charge in [0.25, 0.3) is 0 Å². The molecule has 0 spiro atoms. The monoisotopic (exact) mass is 293 g/mol. The highest BCUT2D eigenvalue weighted by Crippen LogP contribution is 2.30. The number of halogens is 1. The van der Waals surface area contributed by atoms with E-state index in [1.54, 1.807) is 19.2 Å². The van der Waals surface area contributed by atoms with E-state index in [-0.39, 0.29) is 17.5 Å². The fraction of sp³-hybridized carbons (Fsp3) is 0.167. The molecule has 7 nitrogen and oxygen atoms in total. The molecule has 0 aliphatic rings. The highest BCUT2D eigenvalue weighted by Gasteiger charge is 2.18. The molecule has 0 aliphatic carbocycles. The fourth-order valence-corrected chi connectivity index (χ4v) is 1.85. The first-order chi connectivity index (χ1) is 9.51. The van der Waals surface area contributed by atoms with Crippen LogP contribution in [0.5, 0.6) is 0 Å². The maximum absolute atomic E-state index is 11.0. The maximum Gasteiger partial charge on any atom is 0.329 e. The summed E-state index contributed by atoms with van der Waals surface area (Å²) in [5.41, 5.74) is 1.32. The number of nitrogens with one attached hydrogen (secondary N) is 2. The first kappa shape index (κ1) is 14.0. The molecule has 0 saturated carbocycles. The molecule has 0 radical (unpaired) electrons. The molecule has 0 saturated heterocycles. The van der Waals surface area contributed by atoms with Crippen molar-refractivity contribution in [3.63, 3.8) is 0 Å². The number of hydrogen-bond donors (Lipinski definition) is 2. The SMILES string of the molecule is CNc1ncc([N+](=O)[O-])c(Nc2ccc(C)cc2Cl)n1. The van der Waals surface area contributed by atoms with Gasteiger partial charge in [0.05, 0.1) is 15.6 Å². The van der Waals surface area contributed by atoms with Gasteiger partial charge in [-0.3, -0.25) is 10.1 Å². The number of nitro groups is 1. The first-order valence-electron chi connectivity index (χ1n) is 5.73. The Morgan fingerprint density at radius 1 is 1.40 bits per heavy atom. The molecule has 2 rings (SSSR count). The van der Waals surface area contributed by atoms with Gasteiger partial charge in [0.15, 0.2) is 0 Å². The summed E-state index contributed by atoms with van der Waals surface area (Å²) in [6.45, 7) is 1.90. The summed E-state index contributed by atoms with van der Waals surface area (Å²) in [5, 5.41) is 17.0. The van der Waals surface area contributed by atoms with Crippen LogP contribution < -0.4 is 10.6 Å². The molecule has 20 heavy (non-hydrogen) atoms. The van der Waals surface area contributed by atoms with Gasteiger partial charge < -0.3 is 10.6 Å². The van der Waals surface area contributed by atoms with Crippen LogP contribution in [0.1, 0.15) is 5.56 Å². The van der Waals surface area contributed by atoms with E-state index >= 15 is 0 Å². The minimum Gasteiger partial charge on any atom is -0.357 e. The predicted molar refractivity (Wildman–Crippen MR) is 77.7 cm³/mol. The van der Waals surface area contributed by atoms with E-state index in [9.17, 15) is 10.1 Å². The van der Waals surface area contributed by atoms with Gasteiger partial charge in [0, 0.05) is 7.05 Å². The molecule has 2 N–H and O–H groups in total. The Hall–Kier alpha value is -2.41. The summed E-state index contributed by atoms with van der Waals surface area (Å²) in [6.07, 6.45) is 1.14.